The molecular weight excluding hydrogens is 388 g/mol. The van der Waals surface area contributed by atoms with Crippen LogP contribution in [0.4, 0.5) is 11.4 Å². The van der Waals surface area contributed by atoms with Gasteiger partial charge in [-0.2, -0.15) is 0 Å². The fraction of sp³-hybridized carbons (Fsp3) is 0.524. The van der Waals surface area contributed by atoms with Gasteiger partial charge in [-0.05, 0) is 24.3 Å². The predicted octanol–water partition coefficient (Wildman–Crippen LogP) is -0.119. The second-order valence-electron chi connectivity index (χ2n) is 7.68. The third-order valence-electron chi connectivity index (χ3n) is 5.91. The molecule has 0 spiro atoms. The smallest absolute Gasteiger partial charge is 0.337 e. The first-order valence-corrected chi connectivity index (χ1v) is 10.3. The molecule has 9 nitrogen and oxygen atoms in total. The number of nitrogens with one attached hydrogen (secondary N) is 1. The van der Waals surface area contributed by atoms with Crippen LogP contribution < -0.4 is 10.2 Å². The summed E-state index contributed by atoms with van der Waals surface area (Å²) in [5.74, 6) is -0.859. The minimum absolute atomic E-state index is 0.128. The summed E-state index contributed by atoms with van der Waals surface area (Å²) in [4.78, 5) is 31.0. The highest BCUT2D eigenvalue weighted by Crippen LogP contribution is 2.25. The van der Waals surface area contributed by atoms with Gasteiger partial charge >= 0.3 is 5.97 Å². The van der Waals surface area contributed by atoms with E-state index in [0.717, 1.165) is 50.8 Å². The number of β-amino-alcohol motifs (C(OH)–C–C–N with tert-alkyl or cyclic N) is 1. The highest BCUT2D eigenvalue weighted by atomic mass is 16.5. The Morgan fingerprint density at radius 1 is 1.20 bits per heavy atom. The van der Waals surface area contributed by atoms with E-state index in [9.17, 15) is 9.59 Å². The zero-order valence-corrected chi connectivity index (χ0v) is 17.2. The Morgan fingerprint density at radius 2 is 1.90 bits per heavy atom. The first-order valence-electron chi connectivity index (χ1n) is 10.3. The summed E-state index contributed by atoms with van der Waals surface area (Å²) in [6.45, 7) is 5.81. The van der Waals surface area contributed by atoms with Crippen molar-refractivity contribution < 1.29 is 24.2 Å². The van der Waals surface area contributed by atoms with Gasteiger partial charge in [0.1, 0.15) is 5.70 Å². The van der Waals surface area contributed by atoms with E-state index in [1.54, 1.807) is 0 Å². The molecule has 0 saturated carbocycles. The number of ether oxygens (including phenoxy) is 2. The quantitative estimate of drug-likeness (QED) is 0.595. The lowest BCUT2D eigenvalue weighted by molar-refractivity contribution is -0.136. The number of hydrogen-bond donors (Lipinski definition) is 2. The number of carbonyl (C=O) groups excluding carboxylic acids is 2. The number of nitrogens with zero attached hydrogens (tertiary/aromatic N) is 3. The first-order chi connectivity index (χ1) is 14.6. The summed E-state index contributed by atoms with van der Waals surface area (Å²) in [5.41, 5.74) is 2.34. The van der Waals surface area contributed by atoms with E-state index >= 15 is 0 Å². The summed E-state index contributed by atoms with van der Waals surface area (Å²) >= 11 is 0. The molecule has 4 rings (SSSR count). The average Bonchev–Trinajstić information content (AvgIpc) is 3.03. The topological polar surface area (TPSA) is 94.6 Å². The van der Waals surface area contributed by atoms with Gasteiger partial charge in [-0.3, -0.25) is 9.69 Å². The summed E-state index contributed by atoms with van der Waals surface area (Å²) in [7, 11) is 1.29. The van der Waals surface area contributed by atoms with E-state index in [1.165, 1.54) is 12.0 Å². The molecule has 3 heterocycles. The van der Waals surface area contributed by atoms with Crippen molar-refractivity contribution in [1.29, 1.82) is 0 Å². The highest BCUT2D eigenvalue weighted by molar-refractivity contribution is 6.08. The molecular formula is C21H28N4O5. The molecule has 162 valence electrons. The van der Waals surface area contributed by atoms with E-state index in [1.807, 2.05) is 24.3 Å². The molecule has 0 aliphatic carbocycles. The Morgan fingerprint density at radius 3 is 2.47 bits per heavy atom. The third kappa shape index (κ3) is 4.14. The Hall–Kier alpha value is -2.62. The van der Waals surface area contributed by atoms with Gasteiger partial charge in [0.2, 0.25) is 0 Å². The standard InChI is InChI=1S/C21H28N4O5/c1-29-21(28)18-12-25(10-11-26)20(27)19(18)22-15-2-4-16(5-3-15)23-6-8-24(9-7-23)17-13-30-14-17/h2-5,17,22,26H,6-14H2,1H3. The normalized spacial score (nSPS) is 20.5. The summed E-state index contributed by atoms with van der Waals surface area (Å²) in [6.07, 6.45) is 0. The van der Waals surface area contributed by atoms with Crippen molar-refractivity contribution in [1.82, 2.24) is 9.80 Å². The van der Waals surface area contributed by atoms with E-state index in [-0.39, 0.29) is 36.9 Å². The predicted molar refractivity (Wildman–Crippen MR) is 111 cm³/mol. The van der Waals surface area contributed by atoms with Crippen LogP contribution in [0.15, 0.2) is 35.5 Å². The fourth-order valence-electron chi connectivity index (χ4n) is 4.03. The van der Waals surface area contributed by atoms with Crippen LogP contribution in [0.5, 0.6) is 0 Å². The number of aliphatic hydroxyl groups excluding tert-OH is 1. The van der Waals surface area contributed by atoms with E-state index in [4.69, 9.17) is 14.6 Å². The van der Waals surface area contributed by atoms with Gasteiger partial charge in [-0.15, -0.1) is 0 Å². The van der Waals surface area contributed by atoms with Crippen LogP contribution in [0, 0.1) is 0 Å². The Balaban J connectivity index is 1.41. The molecule has 2 fully saturated rings. The van der Waals surface area contributed by atoms with Crippen molar-refractivity contribution in [3.8, 4) is 0 Å². The maximum absolute atomic E-state index is 12.6. The van der Waals surface area contributed by atoms with Gasteiger partial charge in [-0.25, -0.2) is 4.79 Å². The van der Waals surface area contributed by atoms with Gasteiger partial charge in [0, 0.05) is 44.1 Å². The van der Waals surface area contributed by atoms with Crippen molar-refractivity contribution in [3.05, 3.63) is 35.5 Å². The molecule has 9 heteroatoms. The van der Waals surface area contributed by atoms with Gasteiger partial charge in [-0.1, -0.05) is 0 Å². The Labute approximate surface area is 175 Å². The monoisotopic (exact) mass is 416 g/mol. The second-order valence-corrected chi connectivity index (χ2v) is 7.68. The number of methoxy groups -OCH3 is 1. The zero-order chi connectivity index (χ0) is 21.1. The van der Waals surface area contributed by atoms with Crippen LogP contribution in [-0.4, -0.2) is 99.0 Å². The zero-order valence-electron chi connectivity index (χ0n) is 17.2. The number of piperazine rings is 1. The first kappa shape index (κ1) is 20.6. The molecule has 3 aliphatic rings. The molecule has 0 bridgehead atoms. The maximum atomic E-state index is 12.6. The summed E-state index contributed by atoms with van der Waals surface area (Å²) < 4.78 is 10.1. The number of anilines is 2. The van der Waals surface area contributed by atoms with Crippen LogP contribution in [0.2, 0.25) is 0 Å². The molecule has 3 aliphatic heterocycles. The van der Waals surface area contributed by atoms with Crippen molar-refractivity contribution in [2.24, 2.45) is 0 Å². The molecule has 1 aromatic carbocycles. The van der Waals surface area contributed by atoms with Gasteiger partial charge in [0.05, 0.1) is 45.1 Å². The minimum Gasteiger partial charge on any atom is -0.466 e. The number of amides is 1. The van der Waals surface area contributed by atoms with Gasteiger partial charge in [0.25, 0.3) is 5.91 Å². The van der Waals surface area contributed by atoms with Crippen LogP contribution >= 0.6 is 0 Å². The van der Waals surface area contributed by atoms with Crippen LogP contribution in [-0.2, 0) is 19.1 Å². The molecule has 0 atom stereocenters. The highest BCUT2D eigenvalue weighted by Gasteiger charge is 2.34. The van der Waals surface area contributed by atoms with Crippen molar-refractivity contribution in [3.63, 3.8) is 0 Å². The SMILES string of the molecule is COC(=O)C1=C(Nc2ccc(N3CCN(C4COC4)CC3)cc2)C(=O)N(CCO)C1. The van der Waals surface area contributed by atoms with E-state index < -0.39 is 5.97 Å². The minimum atomic E-state index is -0.544. The Kier molecular flexibility index (Phi) is 6.21. The molecule has 0 unspecified atom stereocenters. The van der Waals surface area contributed by atoms with Gasteiger partial charge in [0.15, 0.2) is 0 Å². The van der Waals surface area contributed by atoms with Crippen LogP contribution in [0.25, 0.3) is 0 Å². The number of aliphatic hydroxyl groups is 1. The van der Waals surface area contributed by atoms with Crippen molar-refractivity contribution in [2.75, 3.05) is 76.4 Å². The fourth-order valence-corrected chi connectivity index (χ4v) is 4.03. The van der Waals surface area contributed by atoms with Crippen molar-refractivity contribution >= 4 is 23.3 Å². The van der Waals surface area contributed by atoms with Crippen LogP contribution in [0.1, 0.15) is 0 Å². The van der Waals surface area contributed by atoms with E-state index in [0.29, 0.717) is 6.04 Å². The Bertz CT molecular complexity index is 813. The second kappa shape index (κ2) is 9.03. The largest absolute Gasteiger partial charge is 0.466 e. The number of benzene rings is 1. The lowest BCUT2D eigenvalue weighted by Gasteiger charge is -2.43. The molecule has 1 amide bonds. The summed E-state index contributed by atoms with van der Waals surface area (Å²) in [6, 6.07) is 8.43. The lowest BCUT2D eigenvalue weighted by Crippen LogP contribution is -2.56. The molecule has 1 aromatic rings. The van der Waals surface area contributed by atoms with Crippen LogP contribution in [0.3, 0.4) is 0 Å². The molecule has 2 saturated heterocycles. The van der Waals surface area contributed by atoms with Gasteiger partial charge < -0.3 is 29.7 Å². The van der Waals surface area contributed by atoms with E-state index in [2.05, 4.69) is 15.1 Å². The average molecular weight is 416 g/mol. The number of carbonyl (C=O) groups is 2. The van der Waals surface area contributed by atoms with Crippen molar-refractivity contribution in [2.45, 2.75) is 6.04 Å². The lowest BCUT2D eigenvalue weighted by atomic mass is 10.1. The third-order valence-corrected chi connectivity index (χ3v) is 5.91. The maximum Gasteiger partial charge on any atom is 0.337 e. The molecule has 30 heavy (non-hydrogen) atoms. The number of rotatable bonds is 7. The summed E-state index contributed by atoms with van der Waals surface area (Å²) in [5, 5.41) is 12.2. The molecule has 0 aromatic heterocycles. The molecule has 0 radical (unpaired) electrons. The number of hydrogen-bond acceptors (Lipinski definition) is 8. The number of esters is 1. The molecule has 2 N–H and O–H groups in total.